The standard InChI is InChI=1S/C25H24N4O3/c1-14-21(27-15(2)22(14)26)11-19-18-10-16(8-9-20(18)28-24(19)31)23(30)29-25(12-32-13-25)17-6-4-3-5-7-17/h3-11,27H,12-13,26H2,1-2H3,(H,28,31)(H,29,30)/b19-11-. The number of fused-ring (bicyclic) bond motifs is 1. The molecule has 7 heteroatoms. The van der Waals surface area contributed by atoms with Crippen LogP contribution in [0.4, 0.5) is 11.4 Å². The van der Waals surface area contributed by atoms with Gasteiger partial charge in [0.1, 0.15) is 5.54 Å². The number of aromatic nitrogens is 1. The van der Waals surface area contributed by atoms with Crippen molar-refractivity contribution in [3.8, 4) is 0 Å². The lowest BCUT2D eigenvalue weighted by Crippen LogP contribution is -2.59. The third-order valence-corrected chi connectivity index (χ3v) is 6.26. The molecule has 2 aromatic carbocycles. The third-order valence-electron chi connectivity index (χ3n) is 6.26. The van der Waals surface area contributed by atoms with Crippen molar-refractivity contribution in [2.45, 2.75) is 19.4 Å². The Balaban J connectivity index is 1.47. The average Bonchev–Trinajstić information content (AvgIpc) is 3.21. The van der Waals surface area contributed by atoms with Gasteiger partial charge in [0.05, 0.1) is 24.5 Å². The van der Waals surface area contributed by atoms with E-state index in [0.29, 0.717) is 41.3 Å². The smallest absolute Gasteiger partial charge is 0.256 e. The number of aryl methyl sites for hydroxylation is 1. The predicted octanol–water partition coefficient (Wildman–Crippen LogP) is 3.36. The van der Waals surface area contributed by atoms with Crippen molar-refractivity contribution in [1.29, 1.82) is 0 Å². The van der Waals surface area contributed by atoms with Gasteiger partial charge < -0.3 is 26.1 Å². The fourth-order valence-corrected chi connectivity index (χ4v) is 4.21. The van der Waals surface area contributed by atoms with Crippen molar-refractivity contribution in [2.75, 3.05) is 24.3 Å². The van der Waals surface area contributed by atoms with E-state index >= 15 is 0 Å². The maximum atomic E-state index is 13.2. The van der Waals surface area contributed by atoms with Crippen molar-refractivity contribution in [3.63, 3.8) is 0 Å². The number of hydrogen-bond donors (Lipinski definition) is 4. The number of nitrogens with one attached hydrogen (secondary N) is 3. The minimum Gasteiger partial charge on any atom is -0.397 e. The van der Waals surface area contributed by atoms with E-state index in [1.54, 1.807) is 24.3 Å². The minimum absolute atomic E-state index is 0.212. The lowest BCUT2D eigenvalue weighted by Gasteiger charge is -2.42. The molecule has 3 aromatic rings. The normalized spacial score (nSPS) is 17.6. The summed E-state index contributed by atoms with van der Waals surface area (Å²) in [5.41, 5.74) is 12.1. The Morgan fingerprint density at radius 2 is 1.91 bits per heavy atom. The first-order chi connectivity index (χ1) is 15.4. The third kappa shape index (κ3) is 3.18. The molecular formula is C25H24N4O3. The zero-order valence-corrected chi connectivity index (χ0v) is 17.9. The van der Waals surface area contributed by atoms with E-state index in [4.69, 9.17) is 10.5 Å². The summed E-state index contributed by atoms with van der Waals surface area (Å²) >= 11 is 0. The summed E-state index contributed by atoms with van der Waals surface area (Å²) in [6.45, 7) is 4.65. The Morgan fingerprint density at radius 1 is 1.16 bits per heavy atom. The highest BCUT2D eigenvalue weighted by Gasteiger charge is 2.42. The number of H-pyrrole nitrogens is 1. The van der Waals surface area contributed by atoms with Crippen LogP contribution in [0.15, 0.2) is 48.5 Å². The Hall–Kier alpha value is -3.84. The average molecular weight is 428 g/mol. The van der Waals surface area contributed by atoms with E-state index in [9.17, 15) is 9.59 Å². The number of ether oxygens (including phenoxy) is 1. The lowest BCUT2D eigenvalue weighted by atomic mass is 9.87. The van der Waals surface area contributed by atoms with Gasteiger partial charge in [-0.2, -0.15) is 0 Å². The van der Waals surface area contributed by atoms with Crippen molar-refractivity contribution in [1.82, 2.24) is 10.3 Å². The maximum absolute atomic E-state index is 13.2. The van der Waals surface area contributed by atoms with Crippen LogP contribution < -0.4 is 16.4 Å². The molecule has 0 atom stereocenters. The summed E-state index contributed by atoms with van der Waals surface area (Å²) in [6, 6.07) is 15.0. The molecule has 0 saturated carbocycles. The largest absolute Gasteiger partial charge is 0.397 e. The van der Waals surface area contributed by atoms with Crippen LogP contribution in [0.2, 0.25) is 0 Å². The summed E-state index contributed by atoms with van der Waals surface area (Å²) in [4.78, 5) is 29.0. The molecule has 7 nitrogen and oxygen atoms in total. The van der Waals surface area contributed by atoms with Gasteiger partial charge in [0.2, 0.25) is 0 Å². The van der Waals surface area contributed by atoms with Gasteiger partial charge in [0, 0.05) is 28.2 Å². The number of rotatable bonds is 4. The van der Waals surface area contributed by atoms with Crippen molar-refractivity contribution < 1.29 is 14.3 Å². The SMILES string of the molecule is Cc1[nH]c(/C=C2\C(=O)Nc3ccc(C(=O)NC4(c5ccccc5)COC4)cc32)c(C)c1N. The highest BCUT2D eigenvalue weighted by molar-refractivity contribution is 6.35. The minimum atomic E-state index is -0.541. The number of carbonyl (C=O) groups excluding carboxylic acids is 2. The van der Waals surface area contributed by atoms with Crippen molar-refractivity contribution >= 4 is 34.8 Å². The van der Waals surface area contributed by atoms with Crippen LogP contribution in [0.25, 0.3) is 11.6 Å². The van der Waals surface area contributed by atoms with E-state index in [0.717, 1.165) is 22.5 Å². The lowest BCUT2D eigenvalue weighted by molar-refractivity contribution is -0.110. The van der Waals surface area contributed by atoms with Crippen LogP contribution in [-0.2, 0) is 15.1 Å². The predicted molar refractivity (Wildman–Crippen MR) is 124 cm³/mol. The molecule has 0 spiro atoms. The Labute approximate surface area is 185 Å². The molecule has 0 radical (unpaired) electrons. The van der Waals surface area contributed by atoms with Crippen LogP contribution in [0.5, 0.6) is 0 Å². The van der Waals surface area contributed by atoms with E-state index in [2.05, 4.69) is 15.6 Å². The highest BCUT2D eigenvalue weighted by atomic mass is 16.5. The molecule has 162 valence electrons. The number of nitrogen functional groups attached to an aromatic ring is 1. The van der Waals surface area contributed by atoms with Gasteiger partial charge in [0.15, 0.2) is 0 Å². The molecule has 2 aliphatic rings. The summed E-state index contributed by atoms with van der Waals surface area (Å²) < 4.78 is 5.43. The molecule has 5 N–H and O–H groups in total. The molecule has 1 saturated heterocycles. The first-order valence-corrected chi connectivity index (χ1v) is 10.5. The fourth-order valence-electron chi connectivity index (χ4n) is 4.21. The molecule has 5 rings (SSSR count). The number of anilines is 2. The first kappa shape index (κ1) is 20.1. The molecule has 1 aromatic heterocycles. The van der Waals surface area contributed by atoms with Crippen LogP contribution in [0.3, 0.4) is 0 Å². The molecule has 0 unspecified atom stereocenters. The number of hydrogen-bond acceptors (Lipinski definition) is 4. The van der Waals surface area contributed by atoms with Gasteiger partial charge in [-0.25, -0.2) is 0 Å². The Morgan fingerprint density at radius 3 is 2.53 bits per heavy atom. The van der Waals surface area contributed by atoms with Gasteiger partial charge in [-0.3, -0.25) is 9.59 Å². The summed E-state index contributed by atoms with van der Waals surface area (Å²) in [5.74, 6) is -0.425. The summed E-state index contributed by atoms with van der Waals surface area (Å²) in [6.07, 6.45) is 1.78. The van der Waals surface area contributed by atoms with Crippen LogP contribution in [-0.4, -0.2) is 30.0 Å². The Kier molecular flexibility index (Phi) is 4.64. The van der Waals surface area contributed by atoms with Crippen LogP contribution >= 0.6 is 0 Å². The second kappa shape index (κ2) is 7.39. The quantitative estimate of drug-likeness (QED) is 0.478. The van der Waals surface area contributed by atoms with E-state index in [-0.39, 0.29) is 11.8 Å². The molecule has 0 aliphatic carbocycles. The molecule has 3 heterocycles. The topological polar surface area (TPSA) is 109 Å². The van der Waals surface area contributed by atoms with E-state index in [1.165, 1.54) is 0 Å². The van der Waals surface area contributed by atoms with Crippen LogP contribution in [0.1, 0.15) is 38.4 Å². The van der Waals surface area contributed by atoms with Gasteiger partial charge in [-0.05, 0) is 49.2 Å². The second-order valence-electron chi connectivity index (χ2n) is 8.37. The highest BCUT2D eigenvalue weighted by Crippen LogP contribution is 2.36. The number of carbonyl (C=O) groups is 2. The number of aromatic amines is 1. The number of amides is 2. The van der Waals surface area contributed by atoms with Gasteiger partial charge >= 0.3 is 0 Å². The van der Waals surface area contributed by atoms with E-state index in [1.807, 2.05) is 44.2 Å². The zero-order valence-electron chi connectivity index (χ0n) is 17.9. The monoisotopic (exact) mass is 428 g/mol. The van der Waals surface area contributed by atoms with Crippen molar-refractivity contribution in [3.05, 3.63) is 82.2 Å². The zero-order chi connectivity index (χ0) is 22.5. The van der Waals surface area contributed by atoms with Crippen LogP contribution in [0, 0.1) is 13.8 Å². The fraction of sp³-hybridized carbons (Fsp3) is 0.200. The first-order valence-electron chi connectivity index (χ1n) is 10.5. The summed E-state index contributed by atoms with van der Waals surface area (Å²) in [5, 5.41) is 6.00. The molecule has 2 amide bonds. The number of nitrogens with two attached hydrogens (primary N) is 1. The van der Waals surface area contributed by atoms with E-state index < -0.39 is 5.54 Å². The summed E-state index contributed by atoms with van der Waals surface area (Å²) in [7, 11) is 0. The van der Waals surface area contributed by atoms with Gasteiger partial charge in [-0.15, -0.1) is 0 Å². The number of benzene rings is 2. The molecular weight excluding hydrogens is 404 g/mol. The maximum Gasteiger partial charge on any atom is 0.256 e. The van der Waals surface area contributed by atoms with Gasteiger partial charge in [0.25, 0.3) is 11.8 Å². The molecule has 0 bridgehead atoms. The van der Waals surface area contributed by atoms with Gasteiger partial charge in [-0.1, -0.05) is 30.3 Å². The molecule has 1 fully saturated rings. The molecule has 32 heavy (non-hydrogen) atoms. The Bertz CT molecular complexity index is 1270. The van der Waals surface area contributed by atoms with Crippen molar-refractivity contribution in [2.24, 2.45) is 0 Å². The second-order valence-corrected chi connectivity index (χ2v) is 8.37. The molecule has 2 aliphatic heterocycles.